The molecule has 0 bridgehead atoms. The average molecular weight is 339 g/mol. The predicted octanol–water partition coefficient (Wildman–Crippen LogP) is 2.81. The van der Waals surface area contributed by atoms with E-state index < -0.39 is 10.4 Å². The Morgan fingerprint density at radius 2 is 1.57 bits per heavy atom. The first-order valence-electron chi connectivity index (χ1n) is 6.96. The highest BCUT2D eigenvalue weighted by molar-refractivity contribution is 7.79. The zero-order chi connectivity index (χ0) is 17.3. The predicted molar refractivity (Wildman–Crippen MR) is 88.8 cm³/mol. The van der Waals surface area contributed by atoms with Gasteiger partial charge in [-0.05, 0) is 24.1 Å². The first kappa shape index (κ1) is 19.1. The van der Waals surface area contributed by atoms with Crippen molar-refractivity contribution in [3.8, 4) is 5.75 Å². The Balaban J connectivity index is 0.000000463. The van der Waals surface area contributed by atoms with Gasteiger partial charge in [0.05, 0.1) is 6.61 Å². The molecule has 4 N–H and O–H groups in total. The van der Waals surface area contributed by atoms with E-state index in [0.717, 1.165) is 23.3 Å². The lowest BCUT2D eigenvalue weighted by molar-refractivity contribution is 0.297. The quantitative estimate of drug-likeness (QED) is 0.723. The third kappa shape index (κ3) is 8.94. The summed E-state index contributed by atoms with van der Waals surface area (Å²) in [6, 6.07) is 18.2. The van der Waals surface area contributed by atoms with Crippen molar-refractivity contribution < 1.29 is 22.3 Å². The lowest BCUT2D eigenvalue weighted by Gasteiger charge is -2.13. The summed E-state index contributed by atoms with van der Waals surface area (Å²) in [5, 5.41) is 0. The Bertz CT molecular complexity index is 681. The van der Waals surface area contributed by atoms with Gasteiger partial charge in [0, 0.05) is 12.5 Å². The fraction of sp³-hybridized carbons (Fsp3) is 0.250. The average Bonchev–Trinajstić information content (AvgIpc) is 2.48. The van der Waals surface area contributed by atoms with Crippen molar-refractivity contribution in [3.63, 3.8) is 0 Å². The van der Waals surface area contributed by atoms with Crippen LogP contribution in [0.1, 0.15) is 23.6 Å². The molecule has 0 aromatic heterocycles. The molecule has 0 aliphatic rings. The topological polar surface area (TPSA) is 110 Å². The molecule has 0 spiro atoms. The van der Waals surface area contributed by atoms with Gasteiger partial charge >= 0.3 is 10.4 Å². The number of rotatable bonds is 5. The number of benzene rings is 2. The third-order valence-corrected chi connectivity index (χ3v) is 3.01. The van der Waals surface area contributed by atoms with Crippen molar-refractivity contribution in [2.24, 2.45) is 5.73 Å². The molecule has 0 amide bonds. The molecular formula is C16H21NO5S. The number of hydrogen-bond acceptors (Lipinski definition) is 4. The molecule has 1 unspecified atom stereocenters. The molecule has 2 aromatic rings. The van der Waals surface area contributed by atoms with Crippen LogP contribution < -0.4 is 10.5 Å². The fourth-order valence-corrected chi connectivity index (χ4v) is 1.88. The van der Waals surface area contributed by atoms with Crippen molar-refractivity contribution in [1.82, 2.24) is 0 Å². The molecule has 0 saturated heterocycles. The second kappa shape index (κ2) is 9.26. The van der Waals surface area contributed by atoms with E-state index >= 15 is 0 Å². The largest absolute Gasteiger partial charge is 0.493 e. The molecule has 0 saturated carbocycles. The monoisotopic (exact) mass is 339 g/mol. The summed E-state index contributed by atoms with van der Waals surface area (Å²) >= 11 is 0. The molecule has 0 heterocycles. The summed E-state index contributed by atoms with van der Waals surface area (Å²) in [5.74, 6) is 0.942. The Morgan fingerprint density at radius 1 is 1.04 bits per heavy atom. The molecule has 126 valence electrons. The van der Waals surface area contributed by atoms with Gasteiger partial charge in [0.25, 0.3) is 0 Å². The molecule has 7 heteroatoms. The standard InChI is InChI=1S/C16H19NO.H2O4S/c1-13-7-5-6-10-16(13)18-12-11-15(17)14-8-3-2-4-9-14;1-5(2,3)4/h2-10,15H,11-12,17H2,1H3;(H2,1,2,3,4). The van der Waals surface area contributed by atoms with E-state index in [0.29, 0.717) is 6.61 Å². The van der Waals surface area contributed by atoms with Gasteiger partial charge in [-0.25, -0.2) is 0 Å². The maximum Gasteiger partial charge on any atom is 0.394 e. The number of ether oxygens (including phenoxy) is 1. The molecule has 0 radical (unpaired) electrons. The zero-order valence-electron chi connectivity index (χ0n) is 12.8. The van der Waals surface area contributed by atoms with Crippen LogP contribution in [0.4, 0.5) is 0 Å². The molecule has 23 heavy (non-hydrogen) atoms. The van der Waals surface area contributed by atoms with E-state index in [-0.39, 0.29) is 6.04 Å². The van der Waals surface area contributed by atoms with Gasteiger partial charge in [0.2, 0.25) is 0 Å². The molecule has 0 aliphatic carbocycles. The summed E-state index contributed by atoms with van der Waals surface area (Å²) in [4.78, 5) is 0. The van der Waals surface area contributed by atoms with Crippen molar-refractivity contribution in [2.45, 2.75) is 19.4 Å². The fourth-order valence-electron chi connectivity index (χ4n) is 1.88. The van der Waals surface area contributed by atoms with E-state index in [9.17, 15) is 0 Å². The molecular weight excluding hydrogens is 318 g/mol. The van der Waals surface area contributed by atoms with Crippen molar-refractivity contribution in [3.05, 3.63) is 65.7 Å². The third-order valence-electron chi connectivity index (χ3n) is 3.01. The van der Waals surface area contributed by atoms with E-state index in [1.54, 1.807) is 0 Å². The minimum absolute atomic E-state index is 0.0372. The van der Waals surface area contributed by atoms with Gasteiger partial charge in [-0.15, -0.1) is 0 Å². The Kier molecular flexibility index (Phi) is 7.70. The van der Waals surface area contributed by atoms with Crippen molar-refractivity contribution >= 4 is 10.4 Å². The molecule has 2 rings (SSSR count). The smallest absolute Gasteiger partial charge is 0.394 e. The van der Waals surface area contributed by atoms with Crippen LogP contribution >= 0.6 is 0 Å². The highest BCUT2D eigenvalue weighted by Gasteiger charge is 2.05. The van der Waals surface area contributed by atoms with Gasteiger partial charge in [0.15, 0.2) is 0 Å². The van der Waals surface area contributed by atoms with Crippen LogP contribution in [-0.2, 0) is 10.4 Å². The Labute approximate surface area is 136 Å². The molecule has 0 aliphatic heterocycles. The second-order valence-corrected chi connectivity index (χ2v) is 5.76. The van der Waals surface area contributed by atoms with Crippen LogP contribution in [-0.4, -0.2) is 24.1 Å². The highest BCUT2D eigenvalue weighted by Crippen LogP contribution is 2.18. The second-order valence-electron chi connectivity index (χ2n) is 4.87. The lowest BCUT2D eigenvalue weighted by Crippen LogP contribution is -2.14. The summed E-state index contributed by atoms with van der Waals surface area (Å²) in [6.45, 7) is 2.69. The van der Waals surface area contributed by atoms with Gasteiger partial charge in [-0.2, -0.15) is 8.42 Å². The molecule has 6 nitrogen and oxygen atoms in total. The highest BCUT2D eigenvalue weighted by atomic mass is 32.3. The SMILES string of the molecule is Cc1ccccc1OCCC(N)c1ccccc1.O=S(=O)(O)O. The normalized spacial score (nSPS) is 12.0. The number of aryl methyl sites for hydroxylation is 1. The Morgan fingerprint density at radius 3 is 2.13 bits per heavy atom. The first-order valence-corrected chi connectivity index (χ1v) is 8.36. The summed E-state index contributed by atoms with van der Waals surface area (Å²) < 4.78 is 37.3. The van der Waals surface area contributed by atoms with Crippen molar-refractivity contribution in [1.29, 1.82) is 0 Å². The number of hydrogen-bond donors (Lipinski definition) is 3. The summed E-state index contributed by atoms with van der Waals surface area (Å²) in [6.07, 6.45) is 0.818. The van der Waals surface area contributed by atoms with Crippen LogP contribution in [0, 0.1) is 6.92 Å². The van der Waals surface area contributed by atoms with E-state index in [2.05, 4.69) is 12.1 Å². The minimum atomic E-state index is -4.67. The van der Waals surface area contributed by atoms with Crippen molar-refractivity contribution in [2.75, 3.05) is 6.61 Å². The Hall–Kier alpha value is -1.93. The van der Waals surface area contributed by atoms with Gasteiger partial charge in [-0.3, -0.25) is 9.11 Å². The maximum atomic E-state index is 8.74. The van der Waals surface area contributed by atoms with E-state index in [4.69, 9.17) is 28.0 Å². The van der Waals surface area contributed by atoms with Gasteiger partial charge in [0.1, 0.15) is 5.75 Å². The minimum Gasteiger partial charge on any atom is -0.493 e. The number of para-hydroxylation sites is 1. The van der Waals surface area contributed by atoms with E-state index in [1.165, 1.54) is 0 Å². The summed E-state index contributed by atoms with van der Waals surface area (Å²) in [7, 11) is -4.67. The van der Waals surface area contributed by atoms with Crippen LogP contribution in [0.25, 0.3) is 0 Å². The van der Waals surface area contributed by atoms with Crippen LogP contribution in [0.3, 0.4) is 0 Å². The maximum absolute atomic E-state index is 8.74. The molecule has 2 aromatic carbocycles. The van der Waals surface area contributed by atoms with Crippen LogP contribution in [0.5, 0.6) is 5.75 Å². The van der Waals surface area contributed by atoms with Crippen LogP contribution in [0.15, 0.2) is 54.6 Å². The first-order chi connectivity index (χ1) is 10.8. The lowest BCUT2D eigenvalue weighted by atomic mass is 10.1. The van der Waals surface area contributed by atoms with Gasteiger partial charge < -0.3 is 10.5 Å². The zero-order valence-corrected chi connectivity index (χ0v) is 13.6. The molecule has 0 fully saturated rings. The van der Waals surface area contributed by atoms with Crippen LogP contribution in [0.2, 0.25) is 0 Å². The summed E-state index contributed by atoms with van der Waals surface area (Å²) in [5.41, 5.74) is 8.43. The molecule has 1 atom stereocenters. The van der Waals surface area contributed by atoms with Gasteiger partial charge in [-0.1, -0.05) is 48.5 Å². The van der Waals surface area contributed by atoms with E-state index in [1.807, 2.05) is 49.4 Å². The number of nitrogens with two attached hydrogens (primary N) is 1.